The molecule has 3 aromatic rings. The highest BCUT2D eigenvalue weighted by molar-refractivity contribution is 5.84. The number of aromatic amines is 1. The van der Waals surface area contributed by atoms with Crippen LogP contribution in [0.15, 0.2) is 42.5 Å². The van der Waals surface area contributed by atoms with Gasteiger partial charge in [-0.3, -0.25) is 14.2 Å². The summed E-state index contributed by atoms with van der Waals surface area (Å²) in [5.74, 6) is -0.977. The van der Waals surface area contributed by atoms with E-state index in [0.717, 1.165) is 57.2 Å². The fraction of sp³-hybridized carbons (Fsp3) is 0.467. The van der Waals surface area contributed by atoms with Gasteiger partial charge in [0.15, 0.2) is 0 Å². The number of fused-ring (bicyclic) bond motifs is 3. The van der Waals surface area contributed by atoms with E-state index in [4.69, 9.17) is 9.84 Å². The van der Waals surface area contributed by atoms with E-state index in [9.17, 15) is 26.3 Å². The van der Waals surface area contributed by atoms with E-state index in [2.05, 4.69) is 53.9 Å². The number of terminal acetylenes is 1. The Balaban J connectivity index is 0.000000242. The molecule has 5 rings (SSSR count). The number of aliphatic hydroxyl groups excluding tert-OH is 1. The van der Waals surface area contributed by atoms with Crippen molar-refractivity contribution in [1.29, 1.82) is 0 Å². The van der Waals surface area contributed by atoms with Gasteiger partial charge in [-0.25, -0.2) is 8.78 Å². The molecule has 1 atom stereocenters. The standard InChI is InChI=1S/C15H20N2O.C12H14F3NO.C2H2.CHF3/c1-11-9-13-12-5-2-3-6-14(12)16-15(13)10-17(11)7-4-8-18;13-6-9-7-16(8-9)1-2-17-12-4-10(14)3-11(15)5-12;1-2;2-1(3)4/h2-3,5-6,11,16,18H,4,7-10H2,1H3;3-5,9H,1-2,6-8H2;1-2H;1H/t11-;;;/m1.../s1. The Morgan fingerprint density at radius 1 is 1.05 bits per heavy atom. The van der Waals surface area contributed by atoms with Crippen LogP contribution in [-0.4, -0.2) is 78.7 Å². The van der Waals surface area contributed by atoms with Gasteiger partial charge in [0.2, 0.25) is 0 Å². The number of likely N-dealkylation sites (tertiary alicyclic amines) is 1. The van der Waals surface area contributed by atoms with Crippen LogP contribution in [0.3, 0.4) is 0 Å². The van der Waals surface area contributed by atoms with Crippen LogP contribution in [0.25, 0.3) is 10.9 Å². The minimum atomic E-state index is -3.67. The van der Waals surface area contributed by atoms with Crippen LogP contribution in [-0.2, 0) is 13.0 Å². The van der Waals surface area contributed by atoms with Gasteiger partial charge in [-0.05, 0) is 31.4 Å². The zero-order valence-electron chi connectivity index (χ0n) is 23.0. The quantitative estimate of drug-likeness (QED) is 0.253. The van der Waals surface area contributed by atoms with Crippen molar-refractivity contribution in [3.05, 3.63) is 65.4 Å². The lowest BCUT2D eigenvalue weighted by Crippen LogP contribution is -2.49. The number of H-pyrrole nitrogens is 1. The first-order valence-corrected chi connectivity index (χ1v) is 13.3. The van der Waals surface area contributed by atoms with E-state index in [-0.39, 0.29) is 24.9 Å². The predicted octanol–water partition coefficient (Wildman–Crippen LogP) is 5.97. The molecule has 0 amide bonds. The van der Waals surface area contributed by atoms with Crippen LogP contribution in [0, 0.1) is 30.4 Å². The molecule has 1 aromatic heterocycles. The smallest absolute Gasteiger partial charge is 0.379 e. The number of ether oxygens (including phenoxy) is 1. The van der Waals surface area contributed by atoms with Crippen LogP contribution in [0.5, 0.6) is 5.75 Å². The molecule has 41 heavy (non-hydrogen) atoms. The molecule has 1 fully saturated rings. The minimum absolute atomic E-state index is 0.140. The van der Waals surface area contributed by atoms with Crippen molar-refractivity contribution in [1.82, 2.24) is 14.8 Å². The lowest BCUT2D eigenvalue weighted by Gasteiger charge is -2.37. The van der Waals surface area contributed by atoms with E-state index in [1.165, 1.54) is 22.2 Å². The number of halogens is 6. The highest BCUT2D eigenvalue weighted by atomic mass is 19.4. The van der Waals surface area contributed by atoms with Gasteiger partial charge in [-0.15, -0.1) is 12.8 Å². The highest BCUT2D eigenvalue weighted by Crippen LogP contribution is 2.30. The maximum atomic E-state index is 12.8. The number of nitrogens with one attached hydrogen (secondary N) is 1. The van der Waals surface area contributed by atoms with Gasteiger partial charge >= 0.3 is 6.68 Å². The number of hydrogen-bond acceptors (Lipinski definition) is 4. The second kappa shape index (κ2) is 17.6. The number of alkyl halides is 4. The summed E-state index contributed by atoms with van der Waals surface area (Å²) in [4.78, 5) is 8.03. The summed E-state index contributed by atoms with van der Waals surface area (Å²) >= 11 is 0. The first kappa shape index (κ1) is 34.0. The van der Waals surface area contributed by atoms with Crippen molar-refractivity contribution in [3.8, 4) is 18.6 Å². The van der Waals surface area contributed by atoms with Crippen molar-refractivity contribution in [2.75, 3.05) is 46.1 Å². The van der Waals surface area contributed by atoms with E-state index < -0.39 is 18.3 Å². The van der Waals surface area contributed by atoms with E-state index in [0.29, 0.717) is 19.2 Å². The highest BCUT2D eigenvalue weighted by Gasteiger charge is 2.26. The molecule has 0 unspecified atom stereocenters. The molecule has 3 heterocycles. The van der Waals surface area contributed by atoms with Crippen molar-refractivity contribution in [2.45, 2.75) is 39.0 Å². The molecule has 0 radical (unpaired) electrons. The molecule has 0 aliphatic carbocycles. The monoisotopic (exact) mass is 585 g/mol. The Morgan fingerprint density at radius 3 is 2.29 bits per heavy atom. The fourth-order valence-electron chi connectivity index (χ4n) is 4.84. The van der Waals surface area contributed by atoms with Gasteiger partial charge in [0.1, 0.15) is 24.0 Å². The predicted molar refractivity (Wildman–Crippen MR) is 148 cm³/mol. The Labute approximate surface area is 237 Å². The summed E-state index contributed by atoms with van der Waals surface area (Å²) in [6, 6.07) is 12.2. The third kappa shape index (κ3) is 10.9. The molecular formula is C30H37F6N3O2. The second-order valence-corrected chi connectivity index (χ2v) is 9.71. The summed E-state index contributed by atoms with van der Waals surface area (Å²) in [6.45, 7) is 3.03. The molecule has 11 heteroatoms. The molecule has 2 aliphatic rings. The maximum Gasteiger partial charge on any atom is 0.379 e. The largest absolute Gasteiger partial charge is 0.492 e. The molecule has 5 nitrogen and oxygen atoms in total. The number of nitrogens with zero attached hydrogens (tertiary/aromatic N) is 2. The number of hydrogen-bond donors (Lipinski definition) is 2. The second-order valence-electron chi connectivity index (χ2n) is 9.71. The third-order valence-electron chi connectivity index (χ3n) is 6.75. The minimum Gasteiger partial charge on any atom is -0.492 e. The average molecular weight is 586 g/mol. The van der Waals surface area contributed by atoms with Crippen LogP contribution in [0.4, 0.5) is 26.3 Å². The topological polar surface area (TPSA) is 51.7 Å². The third-order valence-corrected chi connectivity index (χ3v) is 6.75. The van der Waals surface area contributed by atoms with E-state index >= 15 is 0 Å². The number of aliphatic hydroxyl groups is 1. The molecular weight excluding hydrogens is 548 g/mol. The number of benzene rings is 2. The van der Waals surface area contributed by atoms with Crippen LogP contribution in [0.1, 0.15) is 24.6 Å². The number of rotatable bonds is 8. The van der Waals surface area contributed by atoms with Gasteiger partial charge in [0.05, 0.1) is 6.67 Å². The fourth-order valence-corrected chi connectivity index (χ4v) is 4.84. The number of para-hydroxylation sites is 1. The average Bonchev–Trinajstić information content (AvgIpc) is 3.26. The maximum absolute atomic E-state index is 12.8. The van der Waals surface area contributed by atoms with Crippen molar-refractivity contribution < 1.29 is 36.2 Å². The van der Waals surface area contributed by atoms with Gasteiger partial charge < -0.3 is 14.8 Å². The Hall–Kier alpha value is -3.20. The zero-order chi connectivity index (χ0) is 30.4. The van der Waals surface area contributed by atoms with E-state index in [1.807, 2.05) is 4.90 Å². The van der Waals surface area contributed by atoms with Gasteiger partial charge in [0, 0.05) is 86.1 Å². The Kier molecular flexibility index (Phi) is 14.6. The van der Waals surface area contributed by atoms with Crippen molar-refractivity contribution >= 4 is 10.9 Å². The number of aromatic nitrogens is 1. The van der Waals surface area contributed by atoms with Crippen LogP contribution in [0.2, 0.25) is 0 Å². The SMILES string of the molecule is C#C.C[C@@H]1Cc2c([nH]c3ccccc23)CN1CCCO.FC(F)F.FCC1CN(CCOc2cc(F)cc(F)c2)C1. The summed E-state index contributed by atoms with van der Waals surface area (Å²) in [6.07, 6.45) is 9.96. The zero-order valence-corrected chi connectivity index (χ0v) is 23.0. The molecule has 0 spiro atoms. The van der Waals surface area contributed by atoms with Gasteiger partial charge in [-0.1, -0.05) is 18.2 Å². The molecule has 2 aromatic carbocycles. The summed E-state index contributed by atoms with van der Waals surface area (Å²) in [5.41, 5.74) is 4.09. The van der Waals surface area contributed by atoms with Gasteiger partial charge in [0.25, 0.3) is 0 Å². The van der Waals surface area contributed by atoms with Crippen LogP contribution < -0.4 is 4.74 Å². The molecule has 2 aliphatic heterocycles. The lowest BCUT2D eigenvalue weighted by molar-refractivity contribution is 0.00819. The normalized spacial score (nSPS) is 16.8. The summed E-state index contributed by atoms with van der Waals surface area (Å²) in [7, 11) is 0. The van der Waals surface area contributed by atoms with Crippen LogP contribution >= 0.6 is 0 Å². The molecule has 2 N–H and O–H groups in total. The molecule has 226 valence electrons. The first-order chi connectivity index (χ1) is 19.7. The van der Waals surface area contributed by atoms with Gasteiger partial charge in [-0.2, -0.15) is 13.2 Å². The summed E-state index contributed by atoms with van der Waals surface area (Å²) < 4.78 is 72.0. The molecule has 0 saturated carbocycles. The molecule has 0 bridgehead atoms. The molecule has 1 saturated heterocycles. The van der Waals surface area contributed by atoms with E-state index in [1.54, 1.807) is 0 Å². The summed E-state index contributed by atoms with van der Waals surface area (Å²) in [5, 5.41) is 10.3. The van der Waals surface area contributed by atoms with Crippen molar-refractivity contribution in [3.63, 3.8) is 0 Å². The lowest BCUT2D eigenvalue weighted by atomic mass is 9.97. The van der Waals surface area contributed by atoms with Crippen molar-refractivity contribution in [2.24, 2.45) is 5.92 Å². The first-order valence-electron chi connectivity index (χ1n) is 13.3. The Morgan fingerprint density at radius 2 is 1.68 bits per heavy atom. The Bertz CT molecular complexity index is 1180.